The van der Waals surface area contributed by atoms with Crippen LogP contribution in [0, 0.1) is 0 Å². The lowest BCUT2D eigenvalue weighted by atomic mass is 10.1. The molecule has 0 spiro atoms. The fourth-order valence-electron chi connectivity index (χ4n) is 2.00. The van der Waals surface area contributed by atoms with Gasteiger partial charge in [-0.25, -0.2) is 13.6 Å². The van der Waals surface area contributed by atoms with Crippen LogP contribution in [0.3, 0.4) is 0 Å². The van der Waals surface area contributed by atoms with E-state index < -0.39 is 10.0 Å². The van der Waals surface area contributed by atoms with Crippen molar-refractivity contribution < 1.29 is 17.9 Å². The Kier molecular flexibility index (Phi) is 5.87. The van der Waals surface area contributed by atoms with Gasteiger partial charge in [0.15, 0.2) is 0 Å². The number of primary sulfonamides is 1. The second kappa shape index (κ2) is 7.52. The Bertz CT molecular complexity index is 887. The Morgan fingerprint density at radius 1 is 1.29 bits per heavy atom. The van der Waals surface area contributed by atoms with Crippen molar-refractivity contribution in [3.05, 3.63) is 52.0 Å². The number of anilines is 1. The highest BCUT2D eigenvalue weighted by molar-refractivity contribution is 9.10. The number of halogens is 2. The van der Waals surface area contributed by atoms with E-state index in [-0.39, 0.29) is 22.4 Å². The molecule has 0 saturated heterocycles. The van der Waals surface area contributed by atoms with Crippen LogP contribution < -0.4 is 15.2 Å². The Balaban J connectivity index is 2.29. The normalized spacial score (nSPS) is 11.2. The highest BCUT2D eigenvalue weighted by atomic mass is 79.9. The van der Waals surface area contributed by atoms with Crippen molar-refractivity contribution in [1.29, 1.82) is 0 Å². The fourth-order valence-corrected chi connectivity index (χ4v) is 3.45. The minimum Gasteiger partial charge on any atom is -0.495 e. The third-order valence-corrected chi connectivity index (χ3v) is 5.19. The molecule has 0 heterocycles. The summed E-state index contributed by atoms with van der Waals surface area (Å²) in [5.41, 5.74) is 1.58. The average molecular weight is 434 g/mol. The van der Waals surface area contributed by atoms with Crippen LogP contribution in [0.4, 0.5) is 5.69 Å². The molecule has 3 N–H and O–H groups in total. The van der Waals surface area contributed by atoms with Crippen LogP contribution in [0.2, 0.25) is 0 Å². The quantitative estimate of drug-likeness (QED) is 0.708. The SMILES string of the molecule is COc1cc(NC(=O)c2ccc(Br)c(CCl)c2)ccc1S(N)(=O)=O. The molecule has 9 heteroatoms. The number of hydrogen-bond donors (Lipinski definition) is 2. The molecule has 0 fully saturated rings. The lowest BCUT2D eigenvalue weighted by Crippen LogP contribution is -2.15. The first kappa shape index (κ1) is 18.7. The van der Waals surface area contributed by atoms with Crippen molar-refractivity contribution in [3.63, 3.8) is 0 Å². The molecule has 0 saturated carbocycles. The van der Waals surface area contributed by atoms with Gasteiger partial charge in [0.25, 0.3) is 5.91 Å². The topological polar surface area (TPSA) is 98.5 Å². The summed E-state index contributed by atoms with van der Waals surface area (Å²) in [5, 5.41) is 7.78. The van der Waals surface area contributed by atoms with Crippen LogP contribution in [-0.4, -0.2) is 21.4 Å². The number of methoxy groups -OCH3 is 1. The van der Waals surface area contributed by atoms with Gasteiger partial charge in [-0.2, -0.15) is 0 Å². The molecular weight excluding hydrogens is 420 g/mol. The fraction of sp³-hybridized carbons (Fsp3) is 0.133. The number of sulfonamides is 1. The third kappa shape index (κ3) is 4.27. The van der Waals surface area contributed by atoms with Crippen molar-refractivity contribution >= 4 is 49.1 Å². The van der Waals surface area contributed by atoms with E-state index in [0.717, 1.165) is 10.0 Å². The zero-order valence-electron chi connectivity index (χ0n) is 12.5. The van der Waals surface area contributed by atoms with Crippen LogP contribution in [0.15, 0.2) is 45.8 Å². The summed E-state index contributed by atoms with van der Waals surface area (Å²) in [7, 11) is -2.60. The van der Waals surface area contributed by atoms with Gasteiger partial charge < -0.3 is 10.1 Å². The van der Waals surface area contributed by atoms with Gasteiger partial charge in [0.05, 0.1) is 7.11 Å². The summed E-state index contributed by atoms with van der Waals surface area (Å²) in [6.07, 6.45) is 0. The summed E-state index contributed by atoms with van der Waals surface area (Å²) in [4.78, 5) is 12.2. The van der Waals surface area contributed by atoms with Gasteiger partial charge in [0, 0.05) is 27.7 Å². The number of carbonyl (C=O) groups excluding carboxylic acids is 1. The minimum absolute atomic E-state index is 0.0487. The Morgan fingerprint density at radius 2 is 2.00 bits per heavy atom. The van der Waals surface area contributed by atoms with Crippen molar-refractivity contribution in [2.75, 3.05) is 12.4 Å². The molecular formula is C15H14BrClN2O4S. The zero-order valence-corrected chi connectivity index (χ0v) is 15.7. The van der Waals surface area contributed by atoms with Crippen LogP contribution in [0.5, 0.6) is 5.75 Å². The van der Waals surface area contributed by atoms with Gasteiger partial charge >= 0.3 is 0 Å². The molecule has 0 radical (unpaired) electrons. The smallest absolute Gasteiger partial charge is 0.255 e. The maximum absolute atomic E-state index is 12.3. The standard InChI is InChI=1S/C15H14BrClN2O4S/c1-23-13-7-11(3-5-14(13)24(18,21)22)19-15(20)9-2-4-12(16)10(6-9)8-17/h2-7H,8H2,1H3,(H,19,20)(H2,18,21,22). The summed E-state index contributed by atoms with van der Waals surface area (Å²) < 4.78 is 28.8. The first-order chi connectivity index (χ1) is 11.3. The van der Waals surface area contributed by atoms with E-state index in [2.05, 4.69) is 21.2 Å². The lowest BCUT2D eigenvalue weighted by Gasteiger charge is -2.11. The molecule has 128 valence electrons. The Morgan fingerprint density at radius 3 is 2.58 bits per heavy atom. The van der Waals surface area contributed by atoms with Gasteiger partial charge in [-0.1, -0.05) is 15.9 Å². The number of benzene rings is 2. The highest BCUT2D eigenvalue weighted by Gasteiger charge is 2.16. The first-order valence-electron chi connectivity index (χ1n) is 6.63. The lowest BCUT2D eigenvalue weighted by molar-refractivity contribution is 0.102. The molecule has 0 aliphatic rings. The van der Waals surface area contributed by atoms with Crippen LogP contribution in [0.1, 0.15) is 15.9 Å². The predicted octanol–water partition coefficient (Wildman–Crippen LogP) is 3.10. The molecule has 0 aliphatic carbocycles. The van der Waals surface area contributed by atoms with Gasteiger partial charge in [0.2, 0.25) is 10.0 Å². The van der Waals surface area contributed by atoms with Crippen LogP contribution >= 0.6 is 27.5 Å². The van der Waals surface area contributed by atoms with Crippen molar-refractivity contribution in [1.82, 2.24) is 0 Å². The van der Waals surface area contributed by atoms with E-state index in [1.54, 1.807) is 18.2 Å². The number of carbonyl (C=O) groups is 1. The number of alkyl halides is 1. The van der Waals surface area contributed by atoms with Crippen molar-refractivity contribution in [3.8, 4) is 5.75 Å². The second-order valence-corrected chi connectivity index (χ2v) is 7.46. The third-order valence-electron chi connectivity index (χ3n) is 3.18. The molecule has 1 amide bonds. The number of hydrogen-bond acceptors (Lipinski definition) is 4. The molecule has 2 aromatic rings. The van der Waals surface area contributed by atoms with E-state index in [1.807, 2.05) is 0 Å². The van der Waals surface area contributed by atoms with E-state index in [4.69, 9.17) is 21.5 Å². The second-order valence-electron chi connectivity index (χ2n) is 4.80. The first-order valence-corrected chi connectivity index (χ1v) is 9.50. The summed E-state index contributed by atoms with van der Waals surface area (Å²) >= 11 is 9.17. The van der Waals surface area contributed by atoms with Gasteiger partial charge in [-0.05, 0) is 35.9 Å². The van der Waals surface area contributed by atoms with Gasteiger partial charge in [-0.3, -0.25) is 4.79 Å². The minimum atomic E-state index is -3.91. The van der Waals surface area contributed by atoms with Gasteiger partial charge in [0.1, 0.15) is 10.6 Å². The predicted molar refractivity (Wildman–Crippen MR) is 96.0 cm³/mol. The largest absolute Gasteiger partial charge is 0.495 e. The number of ether oxygens (including phenoxy) is 1. The Hall–Kier alpha value is -1.61. The molecule has 6 nitrogen and oxygen atoms in total. The molecule has 24 heavy (non-hydrogen) atoms. The van der Waals surface area contributed by atoms with E-state index >= 15 is 0 Å². The zero-order chi connectivity index (χ0) is 17.9. The number of rotatable bonds is 5. The van der Waals surface area contributed by atoms with E-state index in [1.165, 1.54) is 25.3 Å². The molecule has 0 aliphatic heterocycles. The monoisotopic (exact) mass is 432 g/mol. The number of amides is 1. The van der Waals surface area contributed by atoms with E-state index in [0.29, 0.717) is 11.3 Å². The molecule has 0 aromatic heterocycles. The van der Waals surface area contributed by atoms with Crippen LogP contribution in [0.25, 0.3) is 0 Å². The van der Waals surface area contributed by atoms with Crippen molar-refractivity contribution in [2.45, 2.75) is 10.8 Å². The van der Waals surface area contributed by atoms with Gasteiger partial charge in [-0.15, -0.1) is 11.6 Å². The highest BCUT2D eigenvalue weighted by Crippen LogP contribution is 2.27. The maximum Gasteiger partial charge on any atom is 0.255 e. The molecule has 0 bridgehead atoms. The average Bonchev–Trinajstić information content (AvgIpc) is 2.54. The number of nitrogens with two attached hydrogens (primary N) is 1. The van der Waals surface area contributed by atoms with Crippen LogP contribution in [-0.2, 0) is 15.9 Å². The Labute approximate surface area is 153 Å². The van der Waals surface area contributed by atoms with E-state index in [9.17, 15) is 13.2 Å². The molecule has 0 unspecified atom stereocenters. The molecule has 2 rings (SSSR count). The molecule has 2 aromatic carbocycles. The molecule has 0 atom stereocenters. The summed E-state index contributed by atoms with van der Waals surface area (Å²) in [5.74, 6) is -0.0506. The summed E-state index contributed by atoms with van der Waals surface area (Å²) in [6.45, 7) is 0. The summed E-state index contributed by atoms with van der Waals surface area (Å²) in [6, 6.07) is 9.14. The number of nitrogens with one attached hydrogen (secondary N) is 1. The maximum atomic E-state index is 12.3. The van der Waals surface area contributed by atoms with Crippen molar-refractivity contribution in [2.24, 2.45) is 5.14 Å².